The Hall–Kier alpha value is -2.70. The first-order valence-electron chi connectivity index (χ1n) is 9.63. The van der Waals surface area contributed by atoms with E-state index in [0.717, 1.165) is 35.2 Å². The van der Waals surface area contributed by atoms with Gasteiger partial charge < -0.3 is 4.52 Å². The number of unbranched alkanes of at least 4 members (excludes halogenated alkanes) is 1. The Morgan fingerprint density at radius 3 is 2.38 bits per heavy atom. The molecule has 0 atom stereocenters. The van der Waals surface area contributed by atoms with Gasteiger partial charge in [-0.05, 0) is 51.3 Å². The predicted octanol–water partition coefficient (Wildman–Crippen LogP) is 5.34. The topological polar surface area (TPSA) is 72.2 Å². The molecule has 5 nitrogen and oxygen atoms in total. The van der Waals surface area contributed by atoms with E-state index in [1.54, 1.807) is 24.3 Å². The van der Waals surface area contributed by atoms with Gasteiger partial charge in [-0.3, -0.25) is 0 Å². The van der Waals surface area contributed by atoms with Gasteiger partial charge in [-0.25, -0.2) is 13.1 Å². The summed E-state index contributed by atoms with van der Waals surface area (Å²) < 4.78 is 33.1. The first-order chi connectivity index (χ1) is 13.9. The number of hydrogen-bond donors (Lipinski definition) is 1. The van der Waals surface area contributed by atoms with E-state index in [4.69, 9.17) is 4.52 Å². The summed E-state index contributed by atoms with van der Waals surface area (Å²) in [5.41, 5.74) is 4.67. The minimum absolute atomic E-state index is 0.249. The van der Waals surface area contributed by atoms with Gasteiger partial charge in [0.1, 0.15) is 11.5 Å². The van der Waals surface area contributed by atoms with Gasteiger partial charge >= 0.3 is 0 Å². The van der Waals surface area contributed by atoms with Crippen LogP contribution in [0.15, 0.2) is 75.7 Å². The number of rotatable bonds is 8. The molecule has 0 saturated carbocycles. The van der Waals surface area contributed by atoms with Crippen LogP contribution in [0, 0.1) is 6.92 Å². The Labute approximate surface area is 172 Å². The summed E-state index contributed by atoms with van der Waals surface area (Å²) in [4.78, 5) is 0.249. The third kappa shape index (κ3) is 5.22. The normalized spacial score (nSPS) is 11.4. The third-order valence-corrected chi connectivity index (χ3v) is 6.07. The molecule has 0 aliphatic heterocycles. The summed E-state index contributed by atoms with van der Waals surface area (Å²) in [6, 6.07) is 16.6. The summed E-state index contributed by atoms with van der Waals surface area (Å²) in [6.45, 7) is 6.34. The van der Waals surface area contributed by atoms with Crippen molar-refractivity contribution in [1.82, 2.24) is 9.88 Å². The summed E-state index contributed by atoms with van der Waals surface area (Å²) in [5.74, 6) is 0.692. The lowest BCUT2D eigenvalue weighted by molar-refractivity contribution is 0.400. The smallest absolute Gasteiger partial charge is 0.240 e. The van der Waals surface area contributed by atoms with E-state index in [-0.39, 0.29) is 4.90 Å². The maximum atomic E-state index is 12.5. The largest absolute Gasteiger partial charge is 0.360 e. The number of nitrogens with one attached hydrogen (secondary N) is 1. The molecule has 3 aromatic rings. The van der Waals surface area contributed by atoms with E-state index < -0.39 is 10.0 Å². The lowest BCUT2D eigenvalue weighted by Gasteiger charge is -2.08. The first kappa shape index (κ1) is 21.0. The van der Waals surface area contributed by atoms with Crippen molar-refractivity contribution >= 4 is 10.0 Å². The van der Waals surface area contributed by atoms with Gasteiger partial charge in [0.25, 0.3) is 0 Å². The number of allylic oxidation sites excluding steroid dienone is 2. The molecule has 29 heavy (non-hydrogen) atoms. The third-order valence-electron chi connectivity index (χ3n) is 4.59. The van der Waals surface area contributed by atoms with Crippen LogP contribution in [0.2, 0.25) is 0 Å². The predicted molar refractivity (Wildman–Crippen MR) is 116 cm³/mol. The Bertz CT molecular complexity index is 1080. The average molecular weight is 411 g/mol. The molecule has 2 aromatic carbocycles. The van der Waals surface area contributed by atoms with Crippen molar-refractivity contribution in [2.45, 2.75) is 38.5 Å². The molecule has 0 unspecified atom stereocenters. The molecule has 0 amide bonds. The molecular formula is C23H26N2O3S. The van der Waals surface area contributed by atoms with Crippen molar-refractivity contribution in [1.29, 1.82) is 0 Å². The van der Waals surface area contributed by atoms with Gasteiger partial charge in [-0.15, -0.1) is 0 Å². The van der Waals surface area contributed by atoms with Crippen LogP contribution in [0.25, 0.3) is 22.4 Å². The fourth-order valence-electron chi connectivity index (χ4n) is 3.09. The summed E-state index contributed by atoms with van der Waals surface area (Å²) in [7, 11) is -3.53. The number of aryl methyl sites for hydroxylation is 1. The Balaban J connectivity index is 1.77. The van der Waals surface area contributed by atoms with Crippen molar-refractivity contribution in [3.63, 3.8) is 0 Å². The minimum Gasteiger partial charge on any atom is -0.360 e. The fourth-order valence-corrected chi connectivity index (χ4v) is 4.16. The lowest BCUT2D eigenvalue weighted by atomic mass is 10.00. The molecule has 6 heteroatoms. The van der Waals surface area contributed by atoms with Gasteiger partial charge in [0.2, 0.25) is 10.0 Å². The number of sulfonamides is 1. The van der Waals surface area contributed by atoms with E-state index in [1.165, 1.54) is 5.57 Å². The Kier molecular flexibility index (Phi) is 6.67. The highest BCUT2D eigenvalue weighted by Crippen LogP contribution is 2.34. The van der Waals surface area contributed by atoms with E-state index >= 15 is 0 Å². The number of nitrogens with zero attached hydrogens (tertiary/aromatic N) is 1. The molecule has 0 aliphatic carbocycles. The molecule has 3 rings (SSSR count). The van der Waals surface area contributed by atoms with E-state index in [2.05, 4.69) is 16.0 Å². The number of hydrogen-bond acceptors (Lipinski definition) is 4. The van der Waals surface area contributed by atoms with Crippen molar-refractivity contribution in [2.75, 3.05) is 6.54 Å². The quantitative estimate of drug-likeness (QED) is 0.402. The second-order valence-corrected chi connectivity index (χ2v) is 8.94. The van der Waals surface area contributed by atoms with Crippen LogP contribution in [-0.4, -0.2) is 20.1 Å². The minimum atomic E-state index is -3.53. The zero-order chi connectivity index (χ0) is 20.9. The molecule has 1 heterocycles. The first-order valence-corrected chi connectivity index (χ1v) is 11.1. The van der Waals surface area contributed by atoms with Crippen LogP contribution in [0.1, 0.15) is 32.4 Å². The maximum absolute atomic E-state index is 12.5. The molecule has 0 aliphatic rings. The maximum Gasteiger partial charge on any atom is 0.240 e. The second-order valence-electron chi connectivity index (χ2n) is 7.17. The van der Waals surface area contributed by atoms with E-state index in [0.29, 0.717) is 12.3 Å². The zero-order valence-electron chi connectivity index (χ0n) is 17.0. The standard InChI is InChI=1S/C23H26N2O3S/c1-17(2)9-7-8-16-24-29(26,27)21-14-12-19(13-15-21)22-18(3)28-25-23(22)20-10-5-4-6-11-20/h4-6,9-15,24H,7-8,16H2,1-3H3. The molecule has 1 N–H and O–H groups in total. The van der Waals surface area contributed by atoms with E-state index in [1.807, 2.05) is 51.1 Å². The summed E-state index contributed by atoms with van der Waals surface area (Å²) >= 11 is 0. The van der Waals surface area contributed by atoms with Gasteiger partial charge in [0.05, 0.1) is 10.5 Å². The highest BCUT2D eigenvalue weighted by atomic mass is 32.2. The van der Waals surface area contributed by atoms with Crippen LogP contribution in [0.4, 0.5) is 0 Å². The highest BCUT2D eigenvalue weighted by molar-refractivity contribution is 7.89. The number of aromatic nitrogens is 1. The highest BCUT2D eigenvalue weighted by Gasteiger charge is 2.18. The van der Waals surface area contributed by atoms with Gasteiger partial charge in [0.15, 0.2) is 0 Å². The summed E-state index contributed by atoms with van der Waals surface area (Å²) in [6.07, 6.45) is 3.73. The molecule has 0 saturated heterocycles. The van der Waals surface area contributed by atoms with Crippen LogP contribution in [0.5, 0.6) is 0 Å². The SMILES string of the molecule is CC(C)=CCCCNS(=O)(=O)c1ccc(-c2c(-c3ccccc3)noc2C)cc1. The second kappa shape index (κ2) is 9.20. The van der Waals surface area contributed by atoms with Crippen LogP contribution < -0.4 is 4.72 Å². The van der Waals surface area contributed by atoms with Crippen molar-refractivity contribution in [3.05, 3.63) is 72.0 Å². The fraction of sp³-hybridized carbons (Fsp3) is 0.261. The van der Waals surface area contributed by atoms with Crippen LogP contribution in [-0.2, 0) is 10.0 Å². The Morgan fingerprint density at radius 1 is 1.03 bits per heavy atom. The van der Waals surface area contributed by atoms with Gasteiger partial charge in [0, 0.05) is 12.1 Å². The Morgan fingerprint density at radius 2 is 1.72 bits per heavy atom. The molecule has 0 radical (unpaired) electrons. The lowest BCUT2D eigenvalue weighted by Crippen LogP contribution is -2.24. The van der Waals surface area contributed by atoms with Crippen molar-refractivity contribution < 1.29 is 12.9 Å². The molecule has 0 bridgehead atoms. The molecule has 152 valence electrons. The molecule has 0 spiro atoms. The van der Waals surface area contributed by atoms with Crippen molar-refractivity contribution in [2.24, 2.45) is 0 Å². The van der Waals surface area contributed by atoms with E-state index in [9.17, 15) is 8.42 Å². The van der Waals surface area contributed by atoms with Crippen LogP contribution >= 0.6 is 0 Å². The summed E-state index contributed by atoms with van der Waals surface area (Å²) in [5, 5.41) is 4.19. The van der Waals surface area contributed by atoms with Gasteiger partial charge in [-0.2, -0.15) is 0 Å². The van der Waals surface area contributed by atoms with Gasteiger partial charge in [-0.1, -0.05) is 59.3 Å². The van der Waals surface area contributed by atoms with Crippen molar-refractivity contribution in [3.8, 4) is 22.4 Å². The average Bonchev–Trinajstić information content (AvgIpc) is 3.09. The molecule has 0 fully saturated rings. The molecule has 1 aromatic heterocycles. The molecular weight excluding hydrogens is 384 g/mol. The monoisotopic (exact) mass is 410 g/mol. The zero-order valence-corrected chi connectivity index (χ0v) is 17.8. The number of benzene rings is 2. The van der Waals surface area contributed by atoms with Crippen LogP contribution in [0.3, 0.4) is 0 Å².